The molecule has 2 atom stereocenters. The second-order valence-electron chi connectivity index (χ2n) is 6.05. The summed E-state index contributed by atoms with van der Waals surface area (Å²) in [7, 11) is 0. The number of anilines is 1. The van der Waals surface area contributed by atoms with Gasteiger partial charge >= 0.3 is 6.18 Å². The molecule has 1 saturated carbocycles. The summed E-state index contributed by atoms with van der Waals surface area (Å²) in [5, 5.41) is 3.17. The molecule has 2 unspecified atom stereocenters. The van der Waals surface area contributed by atoms with Gasteiger partial charge in [0.2, 0.25) is 0 Å². The number of hydrogen-bond acceptors (Lipinski definition) is 1. The van der Waals surface area contributed by atoms with Gasteiger partial charge in [-0.25, -0.2) is 0 Å². The number of halogens is 3. The fourth-order valence-corrected chi connectivity index (χ4v) is 3.04. The summed E-state index contributed by atoms with van der Waals surface area (Å²) in [6.07, 6.45) is 0.579. The molecule has 2 rings (SSSR count). The normalized spacial score (nSPS) is 23.6. The Hall–Kier alpha value is -1.19. The molecule has 1 nitrogen and oxygen atoms in total. The largest absolute Gasteiger partial charge is 0.416 e. The van der Waals surface area contributed by atoms with Crippen LogP contribution in [0.1, 0.15) is 43.7 Å². The number of hydrogen-bond donors (Lipinski definition) is 1. The van der Waals surface area contributed by atoms with E-state index in [9.17, 15) is 13.2 Å². The Morgan fingerprint density at radius 2 is 2.00 bits per heavy atom. The lowest BCUT2D eigenvalue weighted by Gasteiger charge is -2.27. The van der Waals surface area contributed by atoms with Crippen molar-refractivity contribution in [3.63, 3.8) is 0 Å². The summed E-state index contributed by atoms with van der Waals surface area (Å²) in [5.41, 5.74) is 0.301. The summed E-state index contributed by atoms with van der Waals surface area (Å²) in [6, 6.07) is 4.49. The summed E-state index contributed by atoms with van der Waals surface area (Å²) in [5.74, 6) is 1.31. The van der Waals surface area contributed by atoms with E-state index in [1.54, 1.807) is 6.07 Å². The van der Waals surface area contributed by atoms with Crippen molar-refractivity contribution in [3.8, 4) is 0 Å². The van der Waals surface area contributed by atoms with Crippen molar-refractivity contribution >= 4 is 5.69 Å². The van der Waals surface area contributed by atoms with Crippen LogP contribution in [0.5, 0.6) is 0 Å². The number of aryl methyl sites for hydroxylation is 1. The molecular formula is C16H22F3N. The van der Waals surface area contributed by atoms with Crippen molar-refractivity contribution in [3.05, 3.63) is 29.3 Å². The SMILES string of the molecule is Cc1ccc(NCC2CCCC(C)C2)cc1C(F)(F)F. The fraction of sp³-hybridized carbons (Fsp3) is 0.625. The first kappa shape index (κ1) is 15.2. The van der Waals surface area contributed by atoms with E-state index < -0.39 is 11.7 Å². The summed E-state index contributed by atoms with van der Waals surface area (Å²) in [6.45, 7) is 4.51. The van der Waals surface area contributed by atoms with Crippen molar-refractivity contribution in [2.75, 3.05) is 11.9 Å². The Kier molecular flexibility index (Phi) is 4.61. The van der Waals surface area contributed by atoms with Crippen LogP contribution in [0, 0.1) is 18.8 Å². The van der Waals surface area contributed by atoms with E-state index in [2.05, 4.69) is 12.2 Å². The smallest absolute Gasteiger partial charge is 0.385 e. The average molecular weight is 285 g/mol. The number of rotatable bonds is 3. The molecule has 1 N–H and O–H groups in total. The molecule has 20 heavy (non-hydrogen) atoms. The van der Waals surface area contributed by atoms with Gasteiger partial charge < -0.3 is 5.32 Å². The number of nitrogens with one attached hydrogen (secondary N) is 1. The standard InChI is InChI=1S/C16H22F3N/c1-11-4-3-5-13(8-11)10-20-14-7-6-12(2)15(9-14)16(17,18)19/h6-7,9,11,13,20H,3-5,8,10H2,1-2H3. The van der Waals surface area contributed by atoms with Gasteiger partial charge in [-0.2, -0.15) is 13.2 Å². The predicted molar refractivity (Wildman–Crippen MR) is 75.8 cm³/mol. The van der Waals surface area contributed by atoms with Gasteiger partial charge in [0.1, 0.15) is 0 Å². The van der Waals surface area contributed by atoms with Crippen molar-refractivity contribution in [1.29, 1.82) is 0 Å². The van der Waals surface area contributed by atoms with Crippen LogP contribution < -0.4 is 5.32 Å². The maximum atomic E-state index is 12.8. The molecule has 0 saturated heterocycles. The zero-order chi connectivity index (χ0) is 14.8. The second-order valence-corrected chi connectivity index (χ2v) is 6.05. The van der Waals surface area contributed by atoms with Crippen LogP contribution in [0.2, 0.25) is 0 Å². The Balaban J connectivity index is 1.99. The first-order valence-corrected chi connectivity index (χ1v) is 7.28. The van der Waals surface area contributed by atoms with E-state index in [0.29, 0.717) is 11.6 Å². The molecular weight excluding hydrogens is 263 g/mol. The molecule has 4 heteroatoms. The van der Waals surface area contributed by atoms with Crippen LogP contribution in [-0.4, -0.2) is 6.54 Å². The maximum absolute atomic E-state index is 12.8. The molecule has 0 amide bonds. The third-order valence-corrected chi connectivity index (χ3v) is 4.18. The maximum Gasteiger partial charge on any atom is 0.416 e. The number of benzene rings is 1. The van der Waals surface area contributed by atoms with Crippen LogP contribution >= 0.6 is 0 Å². The molecule has 1 aromatic rings. The molecule has 0 aromatic heterocycles. The molecule has 0 spiro atoms. The summed E-state index contributed by atoms with van der Waals surface area (Å²) >= 11 is 0. The molecule has 1 fully saturated rings. The van der Waals surface area contributed by atoms with Gasteiger partial charge in [-0.15, -0.1) is 0 Å². The van der Waals surface area contributed by atoms with E-state index in [4.69, 9.17) is 0 Å². The lowest BCUT2D eigenvalue weighted by molar-refractivity contribution is -0.138. The first-order chi connectivity index (χ1) is 9.36. The lowest BCUT2D eigenvalue weighted by atomic mass is 9.82. The van der Waals surface area contributed by atoms with E-state index in [0.717, 1.165) is 12.5 Å². The molecule has 0 heterocycles. The summed E-state index contributed by atoms with van der Waals surface area (Å²) < 4.78 is 38.5. The zero-order valence-corrected chi connectivity index (χ0v) is 12.1. The highest BCUT2D eigenvalue weighted by molar-refractivity contribution is 5.49. The van der Waals surface area contributed by atoms with Crippen molar-refractivity contribution in [2.45, 2.75) is 45.7 Å². The highest BCUT2D eigenvalue weighted by Gasteiger charge is 2.32. The Morgan fingerprint density at radius 1 is 1.25 bits per heavy atom. The van der Waals surface area contributed by atoms with Crippen LogP contribution in [-0.2, 0) is 6.18 Å². The van der Waals surface area contributed by atoms with Crippen molar-refractivity contribution < 1.29 is 13.2 Å². The minimum atomic E-state index is -4.28. The van der Waals surface area contributed by atoms with E-state index in [1.165, 1.54) is 44.7 Å². The molecule has 1 aliphatic carbocycles. The molecule has 0 bridgehead atoms. The highest BCUT2D eigenvalue weighted by Crippen LogP contribution is 2.34. The molecule has 112 valence electrons. The van der Waals surface area contributed by atoms with Crippen LogP contribution in [0.25, 0.3) is 0 Å². The molecule has 0 aliphatic heterocycles. The predicted octanol–water partition coefficient (Wildman–Crippen LogP) is 5.25. The fourth-order valence-electron chi connectivity index (χ4n) is 3.04. The Morgan fingerprint density at radius 3 is 2.65 bits per heavy atom. The van der Waals surface area contributed by atoms with Gasteiger partial charge in [0.15, 0.2) is 0 Å². The monoisotopic (exact) mass is 285 g/mol. The Labute approximate surface area is 118 Å². The molecule has 1 aliphatic rings. The van der Waals surface area contributed by atoms with E-state index in [-0.39, 0.29) is 5.56 Å². The third-order valence-electron chi connectivity index (χ3n) is 4.18. The summed E-state index contributed by atoms with van der Waals surface area (Å²) in [4.78, 5) is 0. The van der Waals surface area contributed by atoms with Crippen LogP contribution in [0.3, 0.4) is 0 Å². The van der Waals surface area contributed by atoms with Crippen LogP contribution in [0.15, 0.2) is 18.2 Å². The lowest BCUT2D eigenvalue weighted by Crippen LogP contribution is -2.21. The molecule has 1 aromatic carbocycles. The van der Waals surface area contributed by atoms with Gasteiger partial charge in [-0.1, -0.05) is 25.8 Å². The van der Waals surface area contributed by atoms with Gasteiger partial charge in [-0.3, -0.25) is 0 Å². The quantitative estimate of drug-likeness (QED) is 0.799. The first-order valence-electron chi connectivity index (χ1n) is 7.28. The van der Waals surface area contributed by atoms with Gasteiger partial charge in [0.25, 0.3) is 0 Å². The van der Waals surface area contributed by atoms with Gasteiger partial charge in [0, 0.05) is 12.2 Å². The zero-order valence-electron chi connectivity index (χ0n) is 12.1. The topological polar surface area (TPSA) is 12.0 Å². The van der Waals surface area contributed by atoms with Crippen LogP contribution in [0.4, 0.5) is 18.9 Å². The third kappa shape index (κ3) is 3.90. The van der Waals surface area contributed by atoms with E-state index >= 15 is 0 Å². The minimum absolute atomic E-state index is 0.273. The number of alkyl halides is 3. The average Bonchev–Trinajstić information content (AvgIpc) is 2.36. The highest BCUT2D eigenvalue weighted by atomic mass is 19.4. The molecule has 0 radical (unpaired) electrons. The van der Waals surface area contributed by atoms with E-state index in [1.807, 2.05) is 0 Å². The van der Waals surface area contributed by atoms with Crippen molar-refractivity contribution in [1.82, 2.24) is 0 Å². The van der Waals surface area contributed by atoms with Crippen molar-refractivity contribution in [2.24, 2.45) is 11.8 Å². The van der Waals surface area contributed by atoms with Gasteiger partial charge in [0.05, 0.1) is 5.56 Å². The minimum Gasteiger partial charge on any atom is -0.385 e. The van der Waals surface area contributed by atoms with Gasteiger partial charge in [-0.05, 0) is 49.3 Å². The Bertz CT molecular complexity index is 454. The second kappa shape index (κ2) is 6.06.